The zero-order chi connectivity index (χ0) is 13.0. The number of halogens is 1. The lowest BCUT2D eigenvalue weighted by Crippen LogP contribution is -2.37. The van der Waals surface area contributed by atoms with Crippen molar-refractivity contribution in [3.63, 3.8) is 0 Å². The van der Waals surface area contributed by atoms with Crippen LogP contribution in [0.3, 0.4) is 0 Å². The fraction of sp³-hybridized carbons (Fsp3) is 0.500. The maximum Gasteiger partial charge on any atom is 0.0992 e. The Bertz CT molecular complexity index is 456. The molecule has 1 aliphatic carbocycles. The van der Waals surface area contributed by atoms with Crippen LogP contribution in [-0.4, -0.2) is 19.3 Å². The molecular formula is C14H17ClN2O. The molecular weight excluding hydrogens is 248 g/mol. The van der Waals surface area contributed by atoms with E-state index in [4.69, 9.17) is 21.6 Å². The van der Waals surface area contributed by atoms with Gasteiger partial charge >= 0.3 is 0 Å². The Kier molecular flexibility index (Phi) is 4.46. The third-order valence-corrected chi connectivity index (χ3v) is 3.76. The van der Waals surface area contributed by atoms with Gasteiger partial charge in [-0.15, -0.1) is 0 Å². The summed E-state index contributed by atoms with van der Waals surface area (Å²) < 4.78 is 5.50. The summed E-state index contributed by atoms with van der Waals surface area (Å²) >= 11 is 6.16. The smallest absolute Gasteiger partial charge is 0.0992 e. The Morgan fingerprint density at radius 1 is 1.39 bits per heavy atom. The monoisotopic (exact) mass is 264 g/mol. The van der Waals surface area contributed by atoms with E-state index in [1.54, 1.807) is 19.2 Å². The molecule has 96 valence electrons. The number of rotatable bonds is 3. The van der Waals surface area contributed by atoms with E-state index in [-0.39, 0.29) is 6.10 Å². The highest BCUT2D eigenvalue weighted by Gasteiger charge is 2.25. The van der Waals surface area contributed by atoms with Gasteiger partial charge in [0.2, 0.25) is 0 Å². The number of nitriles is 1. The van der Waals surface area contributed by atoms with E-state index in [0.717, 1.165) is 18.5 Å². The van der Waals surface area contributed by atoms with Crippen molar-refractivity contribution in [1.29, 1.82) is 5.26 Å². The van der Waals surface area contributed by atoms with E-state index >= 15 is 0 Å². The summed E-state index contributed by atoms with van der Waals surface area (Å²) in [5.41, 5.74) is 1.46. The third-order valence-electron chi connectivity index (χ3n) is 3.44. The molecule has 2 atom stereocenters. The lowest BCUT2D eigenvalue weighted by Gasteiger charge is -2.32. The van der Waals surface area contributed by atoms with Crippen molar-refractivity contribution >= 4 is 17.3 Å². The number of anilines is 1. The molecule has 0 radical (unpaired) electrons. The SMILES string of the molecule is COC1CCCCC1Nc1ccc(C#N)cc1Cl. The van der Waals surface area contributed by atoms with Crippen LogP contribution in [0.4, 0.5) is 5.69 Å². The minimum Gasteiger partial charge on any atom is -0.379 e. The lowest BCUT2D eigenvalue weighted by molar-refractivity contribution is 0.0606. The maximum atomic E-state index is 8.81. The number of hydrogen-bond acceptors (Lipinski definition) is 3. The number of ether oxygens (including phenoxy) is 1. The van der Waals surface area contributed by atoms with E-state index in [1.807, 2.05) is 6.07 Å². The fourth-order valence-corrected chi connectivity index (χ4v) is 2.68. The molecule has 2 unspecified atom stereocenters. The largest absolute Gasteiger partial charge is 0.379 e. The highest BCUT2D eigenvalue weighted by Crippen LogP contribution is 2.28. The Hall–Kier alpha value is -1.24. The highest BCUT2D eigenvalue weighted by atomic mass is 35.5. The van der Waals surface area contributed by atoms with Gasteiger partial charge in [0.05, 0.1) is 34.5 Å². The number of methoxy groups -OCH3 is 1. The normalized spacial score (nSPS) is 23.4. The summed E-state index contributed by atoms with van der Waals surface area (Å²) in [5, 5.41) is 12.8. The van der Waals surface area contributed by atoms with Gasteiger partial charge in [0.15, 0.2) is 0 Å². The highest BCUT2D eigenvalue weighted by molar-refractivity contribution is 6.33. The Balaban J connectivity index is 2.10. The fourth-order valence-electron chi connectivity index (χ4n) is 2.45. The zero-order valence-corrected chi connectivity index (χ0v) is 11.2. The van der Waals surface area contributed by atoms with Gasteiger partial charge in [-0.25, -0.2) is 0 Å². The van der Waals surface area contributed by atoms with Crippen LogP contribution in [0.25, 0.3) is 0 Å². The minimum atomic E-state index is 0.241. The van der Waals surface area contributed by atoms with E-state index in [9.17, 15) is 0 Å². The average molecular weight is 265 g/mol. The molecule has 0 aromatic heterocycles. The van der Waals surface area contributed by atoms with Gasteiger partial charge in [0.25, 0.3) is 0 Å². The third kappa shape index (κ3) is 2.95. The lowest BCUT2D eigenvalue weighted by atomic mass is 9.92. The molecule has 1 saturated carbocycles. The molecule has 1 N–H and O–H groups in total. The zero-order valence-electron chi connectivity index (χ0n) is 10.4. The van der Waals surface area contributed by atoms with Crippen LogP contribution in [0.2, 0.25) is 5.02 Å². The van der Waals surface area contributed by atoms with Crippen LogP contribution in [0.5, 0.6) is 0 Å². The molecule has 0 aliphatic heterocycles. The standard InChI is InChI=1S/C14H17ClN2O/c1-18-14-5-3-2-4-13(14)17-12-7-6-10(9-16)8-11(12)15/h6-8,13-14,17H,2-5H2,1H3. The summed E-state index contributed by atoms with van der Waals surface area (Å²) in [6.45, 7) is 0. The molecule has 3 nitrogen and oxygen atoms in total. The first-order chi connectivity index (χ1) is 8.74. The second kappa shape index (κ2) is 6.08. The van der Waals surface area contributed by atoms with E-state index in [1.165, 1.54) is 12.8 Å². The quantitative estimate of drug-likeness (QED) is 0.908. The molecule has 0 saturated heterocycles. The molecule has 1 aliphatic rings. The second-order valence-corrected chi connectivity index (χ2v) is 5.02. The van der Waals surface area contributed by atoms with Crippen LogP contribution in [0, 0.1) is 11.3 Å². The molecule has 0 heterocycles. The molecule has 1 aromatic carbocycles. The van der Waals surface area contributed by atoms with Gasteiger partial charge in [0, 0.05) is 7.11 Å². The van der Waals surface area contributed by atoms with Gasteiger partial charge in [-0.3, -0.25) is 0 Å². The van der Waals surface area contributed by atoms with E-state index in [0.29, 0.717) is 16.6 Å². The van der Waals surface area contributed by atoms with Crippen molar-refractivity contribution in [2.75, 3.05) is 12.4 Å². The van der Waals surface area contributed by atoms with Crippen LogP contribution in [-0.2, 0) is 4.74 Å². The maximum absolute atomic E-state index is 8.81. The van der Waals surface area contributed by atoms with Crippen molar-refractivity contribution in [3.05, 3.63) is 28.8 Å². The molecule has 1 fully saturated rings. The molecule has 18 heavy (non-hydrogen) atoms. The first-order valence-corrected chi connectivity index (χ1v) is 6.61. The molecule has 0 bridgehead atoms. The second-order valence-electron chi connectivity index (χ2n) is 4.62. The van der Waals surface area contributed by atoms with Crippen LogP contribution in [0.1, 0.15) is 31.2 Å². The Labute approximate surface area is 113 Å². The van der Waals surface area contributed by atoms with Crippen molar-refractivity contribution in [1.82, 2.24) is 0 Å². The number of nitrogens with zero attached hydrogens (tertiary/aromatic N) is 1. The molecule has 0 amide bonds. The summed E-state index contributed by atoms with van der Waals surface area (Å²) in [4.78, 5) is 0. The first kappa shape index (κ1) is 13.2. The predicted molar refractivity (Wildman–Crippen MR) is 72.8 cm³/mol. The Morgan fingerprint density at radius 3 is 2.83 bits per heavy atom. The van der Waals surface area contributed by atoms with Crippen LogP contribution < -0.4 is 5.32 Å². The minimum absolute atomic E-state index is 0.241. The van der Waals surface area contributed by atoms with Gasteiger partial charge in [-0.2, -0.15) is 5.26 Å². The number of nitrogens with one attached hydrogen (secondary N) is 1. The van der Waals surface area contributed by atoms with Crippen molar-refractivity contribution < 1.29 is 4.74 Å². The number of benzene rings is 1. The van der Waals surface area contributed by atoms with Crippen molar-refractivity contribution in [2.24, 2.45) is 0 Å². The Morgan fingerprint density at radius 2 is 2.17 bits per heavy atom. The number of hydrogen-bond donors (Lipinski definition) is 1. The summed E-state index contributed by atoms with van der Waals surface area (Å²) in [7, 11) is 1.76. The predicted octanol–water partition coefficient (Wildman–Crippen LogP) is 3.58. The first-order valence-electron chi connectivity index (χ1n) is 6.23. The molecule has 1 aromatic rings. The summed E-state index contributed by atoms with van der Waals surface area (Å²) in [6.07, 6.45) is 4.85. The van der Waals surface area contributed by atoms with Crippen molar-refractivity contribution in [3.8, 4) is 6.07 Å². The van der Waals surface area contributed by atoms with Gasteiger partial charge in [-0.05, 0) is 31.0 Å². The summed E-state index contributed by atoms with van der Waals surface area (Å²) in [5.74, 6) is 0. The summed E-state index contributed by atoms with van der Waals surface area (Å²) in [6, 6.07) is 7.71. The van der Waals surface area contributed by atoms with Crippen LogP contribution in [0.15, 0.2) is 18.2 Å². The molecule has 4 heteroatoms. The molecule has 2 rings (SSSR count). The van der Waals surface area contributed by atoms with Gasteiger partial charge in [-0.1, -0.05) is 24.4 Å². The topological polar surface area (TPSA) is 45.0 Å². The van der Waals surface area contributed by atoms with E-state index in [2.05, 4.69) is 11.4 Å². The van der Waals surface area contributed by atoms with Gasteiger partial charge in [0.1, 0.15) is 0 Å². The van der Waals surface area contributed by atoms with Crippen LogP contribution >= 0.6 is 11.6 Å². The van der Waals surface area contributed by atoms with E-state index < -0.39 is 0 Å². The van der Waals surface area contributed by atoms with Gasteiger partial charge < -0.3 is 10.1 Å². The molecule has 0 spiro atoms. The average Bonchev–Trinajstić information content (AvgIpc) is 2.41. The van der Waals surface area contributed by atoms with Crippen molar-refractivity contribution in [2.45, 2.75) is 37.8 Å².